The second kappa shape index (κ2) is 8.41. The maximum Gasteiger partial charge on any atom is 0.253 e. The molecule has 0 radical (unpaired) electrons. The van der Waals surface area contributed by atoms with Crippen LogP contribution in [-0.2, 0) is 10.2 Å². The van der Waals surface area contributed by atoms with Gasteiger partial charge in [-0.3, -0.25) is 9.59 Å². The fourth-order valence-electron chi connectivity index (χ4n) is 2.35. The van der Waals surface area contributed by atoms with Crippen LogP contribution in [-0.4, -0.2) is 36.6 Å². The number of carbonyl (C=O) groups is 2. The molecular formula is C21H26N2O2S. The molecule has 0 saturated carbocycles. The van der Waals surface area contributed by atoms with Crippen molar-refractivity contribution in [2.45, 2.75) is 31.1 Å². The van der Waals surface area contributed by atoms with Gasteiger partial charge in [0.05, 0.1) is 5.75 Å². The third-order valence-electron chi connectivity index (χ3n) is 3.91. The second-order valence-electron chi connectivity index (χ2n) is 7.39. The summed E-state index contributed by atoms with van der Waals surface area (Å²) in [4.78, 5) is 26.6. The van der Waals surface area contributed by atoms with Gasteiger partial charge < -0.3 is 10.2 Å². The number of benzene rings is 2. The first-order valence-corrected chi connectivity index (χ1v) is 9.50. The summed E-state index contributed by atoms with van der Waals surface area (Å²) in [6.45, 7) is 6.54. The average Bonchev–Trinajstić information content (AvgIpc) is 2.59. The van der Waals surface area contributed by atoms with Crippen LogP contribution in [0.3, 0.4) is 0 Å². The van der Waals surface area contributed by atoms with Gasteiger partial charge in [-0.25, -0.2) is 0 Å². The predicted molar refractivity (Wildman–Crippen MR) is 109 cm³/mol. The van der Waals surface area contributed by atoms with Crippen molar-refractivity contribution in [2.24, 2.45) is 0 Å². The van der Waals surface area contributed by atoms with Gasteiger partial charge in [0.15, 0.2) is 0 Å². The summed E-state index contributed by atoms with van der Waals surface area (Å²) in [6.07, 6.45) is 0. The normalized spacial score (nSPS) is 11.1. The van der Waals surface area contributed by atoms with Gasteiger partial charge in [0.1, 0.15) is 0 Å². The van der Waals surface area contributed by atoms with Crippen molar-refractivity contribution < 1.29 is 9.59 Å². The van der Waals surface area contributed by atoms with E-state index in [-0.39, 0.29) is 17.2 Å². The Morgan fingerprint density at radius 1 is 0.962 bits per heavy atom. The molecule has 2 aromatic carbocycles. The molecular weight excluding hydrogens is 344 g/mol. The number of nitrogens with zero attached hydrogens (tertiary/aromatic N) is 1. The zero-order chi connectivity index (χ0) is 19.3. The largest absolute Gasteiger partial charge is 0.345 e. The highest BCUT2D eigenvalue weighted by Gasteiger charge is 2.13. The lowest BCUT2D eigenvalue weighted by Crippen LogP contribution is -2.21. The molecule has 0 atom stereocenters. The fraction of sp³-hybridized carbons (Fsp3) is 0.333. The quantitative estimate of drug-likeness (QED) is 0.793. The SMILES string of the molecule is CN(C)C(=O)c1ccc(NC(=O)CSc2ccc(C(C)(C)C)cc2)cc1. The zero-order valence-corrected chi connectivity index (χ0v) is 16.8. The van der Waals surface area contributed by atoms with Crippen LogP contribution in [0.5, 0.6) is 0 Å². The second-order valence-corrected chi connectivity index (χ2v) is 8.44. The van der Waals surface area contributed by atoms with Crippen molar-refractivity contribution in [2.75, 3.05) is 25.2 Å². The average molecular weight is 371 g/mol. The van der Waals surface area contributed by atoms with E-state index in [4.69, 9.17) is 0 Å². The van der Waals surface area contributed by atoms with E-state index in [1.807, 2.05) is 0 Å². The molecule has 0 fully saturated rings. The molecule has 0 aromatic heterocycles. The third kappa shape index (κ3) is 5.63. The van der Waals surface area contributed by atoms with Gasteiger partial charge >= 0.3 is 0 Å². The smallest absolute Gasteiger partial charge is 0.253 e. The van der Waals surface area contributed by atoms with E-state index < -0.39 is 0 Å². The minimum absolute atomic E-state index is 0.0582. The molecule has 26 heavy (non-hydrogen) atoms. The summed E-state index contributed by atoms with van der Waals surface area (Å²) in [5.74, 6) is 0.214. The summed E-state index contributed by atoms with van der Waals surface area (Å²) in [5.41, 5.74) is 2.69. The Morgan fingerprint density at radius 2 is 1.54 bits per heavy atom. The molecule has 2 amide bonds. The number of amides is 2. The molecule has 2 rings (SSSR count). The predicted octanol–water partition coefficient (Wildman–Crippen LogP) is 4.42. The molecule has 0 bridgehead atoms. The van der Waals surface area contributed by atoms with Gasteiger partial charge in [0, 0.05) is 30.2 Å². The van der Waals surface area contributed by atoms with Crippen molar-refractivity contribution >= 4 is 29.3 Å². The molecule has 0 saturated heterocycles. The Hall–Kier alpha value is -2.27. The van der Waals surface area contributed by atoms with Crippen molar-refractivity contribution in [3.05, 3.63) is 59.7 Å². The standard InChI is InChI=1S/C21H26N2O2S/c1-21(2,3)16-8-12-18(13-9-16)26-14-19(24)22-17-10-6-15(7-11-17)20(25)23(4)5/h6-13H,14H2,1-5H3,(H,22,24). The topological polar surface area (TPSA) is 49.4 Å². The number of thioether (sulfide) groups is 1. The first-order chi connectivity index (χ1) is 12.2. The Morgan fingerprint density at radius 3 is 2.04 bits per heavy atom. The summed E-state index contributed by atoms with van der Waals surface area (Å²) in [5, 5.41) is 2.86. The van der Waals surface area contributed by atoms with Gasteiger partial charge in [-0.05, 0) is 47.4 Å². The van der Waals surface area contributed by atoms with E-state index in [1.54, 1.807) is 38.4 Å². The summed E-state index contributed by atoms with van der Waals surface area (Å²) in [6, 6.07) is 15.3. The number of hydrogen-bond donors (Lipinski definition) is 1. The van der Waals surface area contributed by atoms with Crippen LogP contribution >= 0.6 is 11.8 Å². The van der Waals surface area contributed by atoms with Crippen LogP contribution < -0.4 is 5.32 Å². The van der Waals surface area contributed by atoms with Crippen LogP contribution in [0.4, 0.5) is 5.69 Å². The molecule has 0 heterocycles. The Bertz CT molecular complexity index is 760. The zero-order valence-electron chi connectivity index (χ0n) is 16.0. The summed E-state index contributed by atoms with van der Waals surface area (Å²) in [7, 11) is 3.42. The molecule has 1 N–H and O–H groups in total. The molecule has 138 valence electrons. The van der Waals surface area contributed by atoms with Crippen molar-refractivity contribution in [1.82, 2.24) is 4.90 Å². The lowest BCUT2D eigenvalue weighted by molar-refractivity contribution is -0.113. The van der Waals surface area contributed by atoms with E-state index in [0.29, 0.717) is 17.0 Å². The van der Waals surface area contributed by atoms with Crippen LogP contribution in [0.15, 0.2) is 53.4 Å². The van der Waals surface area contributed by atoms with Crippen molar-refractivity contribution in [1.29, 1.82) is 0 Å². The fourth-order valence-corrected chi connectivity index (χ4v) is 3.05. The molecule has 0 aliphatic carbocycles. The van der Waals surface area contributed by atoms with Gasteiger partial charge in [-0.15, -0.1) is 11.8 Å². The highest BCUT2D eigenvalue weighted by Crippen LogP contribution is 2.25. The first-order valence-electron chi connectivity index (χ1n) is 8.52. The molecule has 4 nitrogen and oxygen atoms in total. The molecule has 5 heteroatoms. The minimum atomic E-state index is -0.0680. The number of nitrogens with one attached hydrogen (secondary N) is 1. The van der Waals surface area contributed by atoms with E-state index in [9.17, 15) is 9.59 Å². The van der Waals surface area contributed by atoms with E-state index in [1.165, 1.54) is 22.2 Å². The van der Waals surface area contributed by atoms with Gasteiger partial charge in [0.2, 0.25) is 5.91 Å². The van der Waals surface area contributed by atoms with E-state index in [0.717, 1.165) is 4.90 Å². The van der Waals surface area contributed by atoms with Crippen molar-refractivity contribution in [3.8, 4) is 0 Å². The number of carbonyl (C=O) groups excluding carboxylic acids is 2. The first kappa shape index (κ1) is 20.0. The third-order valence-corrected chi connectivity index (χ3v) is 4.92. The van der Waals surface area contributed by atoms with E-state index >= 15 is 0 Å². The van der Waals surface area contributed by atoms with Crippen molar-refractivity contribution in [3.63, 3.8) is 0 Å². The lowest BCUT2D eigenvalue weighted by atomic mass is 9.87. The number of rotatable bonds is 5. The summed E-state index contributed by atoms with van der Waals surface area (Å²) < 4.78 is 0. The van der Waals surface area contributed by atoms with Crippen LogP contribution in [0.1, 0.15) is 36.7 Å². The molecule has 0 spiro atoms. The van der Waals surface area contributed by atoms with Gasteiger partial charge in [-0.1, -0.05) is 32.9 Å². The Kier molecular flexibility index (Phi) is 6.48. The monoisotopic (exact) mass is 370 g/mol. The van der Waals surface area contributed by atoms with Gasteiger partial charge in [0.25, 0.3) is 5.91 Å². The highest BCUT2D eigenvalue weighted by molar-refractivity contribution is 8.00. The van der Waals surface area contributed by atoms with Crippen LogP contribution in [0.25, 0.3) is 0 Å². The van der Waals surface area contributed by atoms with Crippen LogP contribution in [0, 0.1) is 0 Å². The molecule has 0 aliphatic rings. The summed E-state index contributed by atoms with van der Waals surface area (Å²) >= 11 is 1.51. The maximum absolute atomic E-state index is 12.1. The maximum atomic E-state index is 12.1. The molecule has 0 unspecified atom stereocenters. The highest BCUT2D eigenvalue weighted by atomic mass is 32.2. The van der Waals surface area contributed by atoms with Crippen LogP contribution in [0.2, 0.25) is 0 Å². The lowest BCUT2D eigenvalue weighted by Gasteiger charge is -2.19. The molecule has 0 aliphatic heterocycles. The molecule has 2 aromatic rings. The number of hydrogen-bond acceptors (Lipinski definition) is 3. The Labute approximate surface area is 160 Å². The van der Waals surface area contributed by atoms with E-state index in [2.05, 4.69) is 50.4 Å². The number of anilines is 1. The van der Waals surface area contributed by atoms with Gasteiger partial charge in [-0.2, -0.15) is 0 Å². The minimum Gasteiger partial charge on any atom is -0.345 e. The Balaban J connectivity index is 1.88.